The molecule has 0 bridgehead atoms. The summed E-state index contributed by atoms with van der Waals surface area (Å²) < 4.78 is 27.4. The van der Waals surface area contributed by atoms with Crippen LogP contribution in [0.2, 0.25) is 0 Å². The maximum Gasteiger partial charge on any atom is 0.243 e. The second kappa shape index (κ2) is 6.84. The molecule has 2 N–H and O–H groups in total. The van der Waals surface area contributed by atoms with Crippen LogP contribution in [0, 0.1) is 0 Å². The van der Waals surface area contributed by atoms with Gasteiger partial charge in [-0.05, 0) is 25.0 Å². The van der Waals surface area contributed by atoms with Gasteiger partial charge in [0.25, 0.3) is 0 Å². The lowest BCUT2D eigenvalue weighted by atomic mass is 10.0. The third-order valence-electron chi connectivity index (χ3n) is 4.28. The fraction of sp³-hybridized carbons (Fsp3) is 0.278. The first-order chi connectivity index (χ1) is 11.5. The van der Waals surface area contributed by atoms with Crippen LogP contribution in [0.3, 0.4) is 0 Å². The fourth-order valence-electron chi connectivity index (χ4n) is 2.88. The monoisotopic (exact) mass is 344 g/mol. The van der Waals surface area contributed by atoms with E-state index < -0.39 is 10.0 Å². The molecule has 1 saturated heterocycles. The third-order valence-corrected chi connectivity index (χ3v) is 6.24. The van der Waals surface area contributed by atoms with Crippen molar-refractivity contribution in [1.82, 2.24) is 4.31 Å². The molecule has 0 radical (unpaired) electrons. The van der Waals surface area contributed by atoms with Crippen molar-refractivity contribution in [2.24, 2.45) is 5.73 Å². The molecule has 2 aromatic carbocycles. The summed E-state index contributed by atoms with van der Waals surface area (Å²) in [4.78, 5) is 12.8. The zero-order valence-corrected chi connectivity index (χ0v) is 14.1. The van der Waals surface area contributed by atoms with E-state index in [0.717, 1.165) is 0 Å². The lowest BCUT2D eigenvalue weighted by Gasteiger charge is -2.29. The van der Waals surface area contributed by atoms with E-state index in [9.17, 15) is 13.2 Å². The van der Waals surface area contributed by atoms with Gasteiger partial charge >= 0.3 is 0 Å². The molecule has 2 aromatic rings. The molecule has 1 fully saturated rings. The molecule has 0 unspecified atom stereocenters. The Bertz CT molecular complexity index is 826. The smallest absolute Gasteiger partial charge is 0.243 e. The Morgan fingerprint density at radius 2 is 1.54 bits per heavy atom. The Labute approximate surface area is 142 Å². The number of rotatable bonds is 4. The van der Waals surface area contributed by atoms with E-state index in [1.165, 1.54) is 10.4 Å². The summed E-state index contributed by atoms with van der Waals surface area (Å²) in [7, 11) is -3.71. The van der Waals surface area contributed by atoms with Gasteiger partial charge in [0.15, 0.2) is 5.78 Å². The molecule has 1 heterocycles. The van der Waals surface area contributed by atoms with Crippen LogP contribution in [0.4, 0.5) is 0 Å². The molecule has 0 atom stereocenters. The fourth-order valence-corrected chi connectivity index (χ4v) is 4.54. The number of sulfonamides is 1. The van der Waals surface area contributed by atoms with Gasteiger partial charge in [-0.1, -0.05) is 42.5 Å². The van der Waals surface area contributed by atoms with Crippen LogP contribution in [0.15, 0.2) is 59.5 Å². The van der Waals surface area contributed by atoms with E-state index in [4.69, 9.17) is 5.73 Å². The van der Waals surface area contributed by atoms with E-state index in [1.54, 1.807) is 42.5 Å². The summed E-state index contributed by atoms with van der Waals surface area (Å²) in [5, 5.41) is 0. The van der Waals surface area contributed by atoms with Crippen molar-refractivity contribution in [1.29, 1.82) is 0 Å². The highest BCUT2D eigenvalue weighted by Crippen LogP contribution is 2.25. The number of carbonyl (C=O) groups excluding carboxylic acids is 1. The maximum absolute atomic E-state index is 13.0. The van der Waals surface area contributed by atoms with Crippen molar-refractivity contribution in [3.63, 3.8) is 0 Å². The van der Waals surface area contributed by atoms with Gasteiger partial charge in [-0.3, -0.25) is 4.79 Å². The maximum atomic E-state index is 13.0. The molecule has 1 aliphatic heterocycles. The number of carbonyl (C=O) groups is 1. The lowest BCUT2D eigenvalue weighted by molar-refractivity contribution is 0.103. The minimum absolute atomic E-state index is 0.0395. The Morgan fingerprint density at radius 3 is 2.21 bits per heavy atom. The first-order valence-corrected chi connectivity index (χ1v) is 9.38. The summed E-state index contributed by atoms with van der Waals surface area (Å²) >= 11 is 0. The van der Waals surface area contributed by atoms with Gasteiger partial charge in [0, 0.05) is 30.3 Å². The summed E-state index contributed by atoms with van der Waals surface area (Å²) in [5.41, 5.74) is 6.54. The predicted octanol–water partition coefficient (Wildman–Crippen LogP) is 2.03. The van der Waals surface area contributed by atoms with Crippen molar-refractivity contribution >= 4 is 15.8 Å². The molecule has 126 valence electrons. The third kappa shape index (κ3) is 3.26. The zero-order chi connectivity index (χ0) is 17.2. The quantitative estimate of drug-likeness (QED) is 0.861. The van der Waals surface area contributed by atoms with Crippen LogP contribution >= 0.6 is 0 Å². The second-order valence-electron chi connectivity index (χ2n) is 5.93. The van der Waals surface area contributed by atoms with Crippen molar-refractivity contribution in [3.05, 3.63) is 65.7 Å². The van der Waals surface area contributed by atoms with Crippen LogP contribution in [0.5, 0.6) is 0 Å². The van der Waals surface area contributed by atoms with Gasteiger partial charge in [0.1, 0.15) is 0 Å². The van der Waals surface area contributed by atoms with Gasteiger partial charge in [0.05, 0.1) is 4.90 Å². The van der Waals surface area contributed by atoms with Gasteiger partial charge in [0.2, 0.25) is 10.0 Å². The Morgan fingerprint density at radius 1 is 0.958 bits per heavy atom. The molecule has 5 nitrogen and oxygen atoms in total. The van der Waals surface area contributed by atoms with Gasteiger partial charge in [-0.25, -0.2) is 8.42 Å². The van der Waals surface area contributed by atoms with Crippen molar-refractivity contribution in [3.8, 4) is 0 Å². The molecule has 24 heavy (non-hydrogen) atoms. The molecule has 0 saturated carbocycles. The standard InChI is InChI=1S/C18H20N2O3S/c19-15-10-12-20(13-11-15)24(22,23)17-9-5-4-8-16(17)18(21)14-6-2-1-3-7-14/h1-9,15H,10-13,19H2. The first-order valence-electron chi connectivity index (χ1n) is 7.94. The number of piperidine rings is 1. The molecule has 6 heteroatoms. The van der Waals surface area contributed by atoms with Crippen LogP contribution in [-0.4, -0.2) is 37.6 Å². The van der Waals surface area contributed by atoms with E-state index in [1.807, 2.05) is 6.07 Å². The highest BCUT2D eigenvalue weighted by atomic mass is 32.2. The van der Waals surface area contributed by atoms with Crippen molar-refractivity contribution < 1.29 is 13.2 Å². The summed E-state index contributed by atoms with van der Waals surface area (Å²) in [6, 6.07) is 15.1. The number of benzene rings is 2. The molecule has 0 spiro atoms. The van der Waals surface area contributed by atoms with Crippen molar-refractivity contribution in [2.75, 3.05) is 13.1 Å². The Kier molecular flexibility index (Phi) is 4.80. The number of nitrogens with two attached hydrogens (primary N) is 1. The predicted molar refractivity (Wildman–Crippen MR) is 92.3 cm³/mol. The first kappa shape index (κ1) is 16.8. The van der Waals surface area contributed by atoms with E-state index in [2.05, 4.69) is 0 Å². The van der Waals surface area contributed by atoms with Crippen molar-refractivity contribution in [2.45, 2.75) is 23.8 Å². The molecule has 1 aliphatic rings. The molecular formula is C18H20N2O3S. The highest BCUT2D eigenvalue weighted by molar-refractivity contribution is 7.89. The number of ketones is 1. The van der Waals surface area contributed by atoms with Crippen LogP contribution < -0.4 is 5.73 Å². The van der Waals surface area contributed by atoms with Gasteiger partial charge in [-0.2, -0.15) is 4.31 Å². The van der Waals surface area contributed by atoms with Crippen LogP contribution in [0.1, 0.15) is 28.8 Å². The number of nitrogens with zero attached hydrogens (tertiary/aromatic N) is 1. The van der Waals surface area contributed by atoms with E-state index >= 15 is 0 Å². The normalized spacial score (nSPS) is 16.9. The topological polar surface area (TPSA) is 80.5 Å². The molecule has 0 aromatic heterocycles. The SMILES string of the molecule is NC1CCN(S(=O)(=O)c2ccccc2C(=O)c2ccccc2)CC1. The van der Waals surface area contributed by atoms with Crippen LogP contribution in [0.25, 0.3) is 0 Å². The molecule has 0 aliphatic carbocycles. The molecular weight excluding hydrogens is 324 g/mol. The lowest BCUT2D eigenvalue weighted by Crippen LogP contribution is -2.43. The molecule has 0 amide bonds. The molecule has 3 rings (SSSR count). The van der Waals surface area contributed by atoms with Gasteiger partial charge < -0.3 is 5.73 Å². The zero-order valence-electron chi connectivity index (χ0n) is 13.3. The largest absolute Gasteiger partial charge is 0.328 e. The Hall–Kier alpha value is -2.02. The summed E-state index contributed by atoms with van der Waals surface area (Å²) in [6.07, 6.45) is 1.27. The number of hydrogen-bond acceptors (Lipinski definition) is 4. The summed E-state index contributed by atoms with van der Waals surface area (Å²) in [5.74, 6) is -0.288. The highest BCUT2D eigenvalue weighted by Gasteiger charge is 2.31. The Balaban J connectivity index is 1.99. The minimum Gasteiger partial charge on any atom is -0.328 e. The van der Waals surface area contributed by atoms with Gasteiger partial charge in [-0.15, -0.1) is 0 Å². The number of hydrogen-bond donors (Lipinski definition) is 1. The summed E-state index contributed by atoms with van der Waals surface area (Å²) in [6.45, 7) is 0.773. The second-order valence-corrected chi connectivity index (χ2v) is 7.84. The van der Waals surface area contributed by atoms with E-state index in [-0.39, 0.29) is 22.3 Å². The van der Waals surface area contributed by atoms with Crippen LogP contribution in [-0.2, 0) is 10.0 Å². The minimum atomic E-state index is -3.71. The average molecular weight is 344 g/mol. The van der Waals surface area contributed by atoms with E-state index in [0.29, 0.717) is 31.5 Å². The average Bonchev–Trinajstić information content (AvgIpc) is 2.62.